The maximum absolute atomic E-state index is 13.1. The third-order valence-corrected chi connectivity index (χ3v) is 3.09. The molecule has 0 bridgehead atoms. The van der Waals surface area contributed by atoms with Crippen molar-refractivity contribution in [1.82, 2.24) is 15.4 Å². The molecule has 0 aliphatic heterocycles. The van der Waals surface area contributed by atoms with Gasteiger partial charge in [0, 0.05) is 11.1 Å². The van der Waals surface area contributed by atoms with E-state index in [4.69, 9.17) is 21.9 Å². The summed E-state index contributed by atoms with van der Waals surface area (Å²) in [6, 6.07) is 5.74. The van der Waals surface area contributed by atoms with Gasteiger partial charge in [-0.2, -0.15) is 10.2 Å². The van der Waals surface area contributed by atoms with Gasteiger partial charge in [0.15, 0.2) is 0 Å². The standard InChI is InChI=1S/C13H8ClFN4O/c14-10-5-8(15)1-2-9(10)11-12(19-20-13(11)16)7-3-4-17-18-6-7/h1-6H,16H2. The van der Waals surface area contributed by atoms with Gasteiger partial charge in [-0.05, 0) is 24.3 Å². The van der Waals surface area contributed by atoms with Crippen LogP contribution >= 0.6 is 11.6 Å². The highest BCUT2D eigenvalue weighted by atomic mass is 35.5. The van der Waals surface area contributed by atoms with Crippen LogP contribution in [0.2, 0.25) is 5.02 Å². The Balaban J connectivity index is 2.22. The molecule has 100 valence electrons. The van der Waals surface area contributed by atoms with Crippen molar-refractivity contribution in [3.8, 4) is 22.4 Å². The number of nitrogen functional groups attached to an aromatic ring is 1. The third kappa shape index (κ3) is 2.10. The third-order valence-electron chi connectivity index (χ3n) is 2.78. The molecule has 3 rings (SSSR count). The molecular weight excluding hydrogens is 283 g/mol. The lowest BCUT2D eigenvalue weighted by Gasteiger charge is -2.05. The minimum absolute atomic E-state index is 0.102. The summed E-state index contributed by atoms with van der Waals surface area (Å²) in [6.07, 6.45) is 3.05. The molecule has 7 heteroatoms. The molecule has 20 heavy (non-hydrogen) atoms. The normalized spacial score (nSPS) is 10.7. The minimum atomic E-state index is -0.430. The van der Waals surface area contributed by atoms with Crippen molar-refractivity contribution in [2.24, 2.45) is 0 Å². The fourth-order valence-electron chi connectivity index (χ4n) is 1.88. The van der Waals surface area contributed by atoms with Gasteiger partial charge in [-0.25, -0.2) is 4.39 Å². The van der Waals surface area contributed by atoms with Crippen molar-refractivity contribution >= 4 is 17.5 Å². The van der Waals surface area contributed by atoms with E-state index in [0.717, 1.165) is 0 Å². The predicted octanol–water partition coefficient (Wildman–Crippen LogP) is 3.17. The Morgan fingerprint density at radius 1 is 1.20 bits per heavy atom. The molecule has 0 radical (unpaired) electrons. The zero-order valence-corrected chi connectivity index (χ0v) is 10.8. The summed E-state index contributed by atoms with van der Waals surface area (Å²) in [5.74, 6) is -0.328. The first-order valence-corrected chi connectivity index (χ1v) is 6.02. The summed E-state index contributed by atoms with van der Waals surface area (Å²) >= 11 is 6.06. The molecule has 0 amide bonds. The second-order valence-corrected chi connectivity index (χ2v) is 4.43. The first-order valence-electron chi connectivity index (χ1n) is 5.64. The second-order valence-electron chi connectivity index (χ2n) is 4.03. The van der Waals surface area contributed by atoms with E-state index in [1.807, 2.05) is 0 Å². The summed E-state index contributed by atoms with van der Waals surface area (Å²) in [6.45, 7) is 0. The number of halogens is 2. The molecule has 0 saturated carbocycles. The van der Waals surface area contributed by atoms with Crippen molar-refractivity contribution in [3.05, 3.63) is 47.5 Å². The van der Waals surface area contributed by atoms with Crippen molar-refractivity contribution in [3.63, 3.8) is 0 Å². The van der Waals surface area contributed by atoms with Crippen LogP contribution in [0.25, 0.3) is 22.4 Å². The smallest absolute Gasteiger partial charge is 0.230 e. The summed E-state index contributed by atoms with van der Waals surface area (Å²) < 4.78 is 18.2. The fourth-order valence-corrected chi connectivity index (χ4v) is 2.14. The minimum Gasteiger partial charge on any atom is -0.367 e. The molecule has 5 nitrogen and oxygen atoms in total. The van der Waals surface area contributed by atoms with Crippen molar-refractivity contribution in [1.29, 1.82) is 0 Å². The number of anilines is 1. The van der Waals surface area contributed by atoms with Crippen molar-refractivity contribution < 1.29 is 8.91 Å². The largest absolute Gasteiger partial charge is 0.367 e. The highest BCUT2D eigenvalue weighted by Gasteiger charge is 2.20. The molecular formula is C13H8ClFN4O. The zero-order chi connectivity index (χ0) is 14.1. The SMILES string of the molecule is Nc1onc(-c2ccnnc2)c1-c1ccc(F)cc1Cl. The molecule has 0 unspecified atom stereocenters. The lowest BCUT2D eigenvalue weighted by Crippen LogP contribution is -1.90. The average Bonchev–Trinajstić information content (AvgIpc) is 2.82. The van der Waals surface area contributed by atoms with E-state index in [-0.39, 0.29) is 10.9 Å². The maximum Gasteiger partial charge on any atom is 0.230 e. The maximum atomic E-state index is 13.1. The monoisotopic (exact) mass is 290 g/mol. The van der Waals surface area contributed by atoms with E-state index in [0.29, 0.717) is 22.4 Å². The summed E-state index contributed by atoms with van der Waals surface area (Å²) in [4.78, 5) is 0. The first kappa shape index (κ1) is 12.6. The molecule has 0 aliphatic rings. The molecule has 0 atom stereocenters. The van der Waals surface area contributed by atoms with E-state index in [1.54, 1.807) is 6.07 Å². The Morgan fingerprint density at radius 3 is 2.75 bits per heavy atom. The highest BCUT2D eigenvalue weighted by molar-refractivity contribution is 6.33. The van der Waals surface area contributed by atoms with E-state index in [9.17, 15) is 4.39 Å². The number of rotatable bonds is 2. The van der Waals surface area contributed by atoms with Gasteiger partial charge in [0.05, 0.1) is 23.0 Å². The fraction of sp³-hybridized carbons (Fsp3) is 0. The van der Waals surface area contributed by atoms with Crippen LogP contribution in [-0.2, 0) is 0 Å². The van der Waals surface area contributed by atoms with Crippen LogP contribution in [0.4, 0.5) is 10.3 Å². The quantitative estimate of drug-likeness (QED) is 0.784. The van der Waals surface area contributed by atoms with Gasteiger partial charge in [0.1, 0.15) is 11.5 Å². The van der Waals surface area contributed by atoms with Gasteiger partial charge in [0.25, 0.3) is 0 Å². The van der Waals surface area contributed by atoms with Crippen LogP contribution in [0.1, 0.15) is 0 Å². The first-order chi connectivity index (χ1) is 9.66. The zero-order valence-electron chi connectivity index (χ0n) is 10.0. The number of nitrogens with zero attached hydrogens (tertiary/aromatic N) is 3. The molecule has 0 saturated heterocycles. The van der Waals surface area contributed by atoms with Gasteiger partial charge < -0.3 is 10.3 Å². The summed E-state index contributed by atoms with van der Waals surface area (Å²) in [7, 11) is 0. The van der Waals surface area contributed by atoms with Crippen molar-refractivity contribution in [2.75, 3.05) is 5.73 Å². The molecule has 2 N–H and O–H groups in total. The molecule has 0 fully saturated rings. The van der Waals surface area contributed by atoms with Crippen LogP contribution in [0.15, 0.2) is 41.2 Å². The number of hydrogen-bond donors (Lipinski definition) is 1. The molecule has 0 spiro atoms. The summed E-state index contributed by atoms with van der Waals surface area (Å²) in [5.41, 5.74) is 8.00. The van der Waals surface area contributed by atoms with Crippen LogP contribution in [0.3, 0.4) is 0 Å². The lowest BCUT2D eigenvalue weighted by molar-refractivity contribution is 0.439. The molecule has 3 aromatic rings. The Bertz CT molecular complexity index is 760. The lowest BCUT2D eigenvalue weighted by atomic mass is 10.0. The van der Waals surface area contributed by atoms with Crippen LogP contribution in [-0.4, -0.2) is 15.4 Å². The van der Waals surface area contributed by atoms with Crippen molar-refractivity contribution in [2.45, 2.75) is 0 Å². The van der Waals surface area contributed by atoms with E-state index in [2.05, 4.69) is 15.4 Å². The van der Waals surface area contributed by atoms with Crippen LogP contribution < -0.4 is 5.73 Å². The Hall–Kier alpha value is -2.47. The number of benzene rings is 1. The van der Waals surface area contributed by atoms with Crippen LogP contribution in [0, 0.1) is 5.82 Å². The number of aromatic nitrogens is 3. The predicted molar refractivity (Wildman–Crippen MR) is 72.3 cm³/mol. The Kier molecular flexibility index (Phi) is 3.08. The second kappa shape index (κ2) is 4.90. The molecule has 1 aromatic carbocycles. The molecule has 2 heterocycles. The van der Waals surface area contributed by atoms with E-state index in [1.165, 1.54) is 30.6 Å². The molecule has 0 aliphatic carbocycles. The number of hydrogen-bond acceptors (Lipinski definition) is 5. The van der Waals surface area contributed by atoms with Gasteiger partial charge >= 0.3 is 0 Å². The van der Waals surface area contributed by atoms with Gasteiger partial charge in [-0.3, -0.25) is 0 Å². The van der Waals surface area contributed by atoms with Gasteiger partial charge in [-0.1, -0.05) is 16.8 Å². The number of nitrogens with two attached hydrogens (primary N) is 1. The summed E-state index contributed by atoms with van der Waals surface area (Å²) in [5, 5.41) is 11.6. The highest BCUT2D eigenvalue weighted by Crippen LogP contribution is 2.39. The van der Waals surface area contributed by atoms with Gasteiger partial charge in [-0.15, -0.1) is 0 Å². The van der Waals surface area contributed by atoms with E-state index >= 15 is 0 Å². The molecule has 2 aromatic heterocycles. The average molecular weight is 291 g/mol. The van der Waals surface area contributed by atoms with Crippen LogP contribution in [0.5, 0.6) is 0 Å². The Labute approximate surface area is 118 Å². The topological polar surface area (TPSA) is 77.8 Å². The van der Waals surface area contributed by atoms with E-state index < -0.39 is 5.82 Å². The Morgan fingerprint density at radius 2 is 2.05 bits per heavy atom. The van der Waals surface area contributed by atoms with Gasteiger partial charge in [0.2, 0.25) is 5.88 Å².